The van der Waals surface area contributed by atoms with Crippen LogP contribution in [0, 0.1) is 10.1 Å². The van der Waals surface area contributed by atoms with Gasteiger partial charge in [-0.15, -0.1) is 0 Å². The number of nitro benzene ring substituents is 1. The number of methoxy groups -OCH3 is 5. The van der Waals surface area contributed by atoms with Crippen LogP contribution in [-0.4, -0.2) is 64.3 Å². The minimum absolute atomic E-state index is 0.0159. The zero-order chi connectivity index (χ0) is 28.9. The van der Waals surface area contributed by atoms with Crippen molar-refractivity contribution in [2.24, 2.45) is 0 Å². The topological polar surface area (TPSA) is 161 Å². The van der Waals surface area contributed by atoms with Gasteiger partial charge in [-0.1, -0.05) is 12.1 Å². The van der Waals surface area contributed by atoms with Crippen LogP contribution in [0.3, 0.4) is 0 Å². The maximum atomic E-state index is 13.3. The van der Waals surface area contributed by atoms with Crippen molar-refractivity contribution in [1.29, 1.82) is 0 Å². The van der Waals surface area contributed by atoms with Crippen LogP contribution < -0.4 is 9.64 Å². The molecule has 3 rings (SSSR count). The van der Waals surface area contributed by atoms with E-state index in [1.807, 2.05) is 0 Å². The van der Waals surface area contributed by atoms with Gasteiger partial charge in [0.15, 0.2) is 0 Å². The molecule has 0 aliphatic carbocycles. The third-order valence-electron chi connectivity index (χ3n) is 5.85. The van der Waals surface area contributed by atoms with Gasteiger partial charge in [-0.3, -0.25) is 15.0 Å². The number of carbonyl (C=O) groups is 4. The number of rotatable bonds is 8. The number of hydrogen-bond acceptors (Lipinski definition) is 12. The minimum atomic E-state index is -1.54. The molecule has 0 spiro atoms. The number of nitro groups is 1. The average molecular weight is 540 g/mol. The summed E-state index contributed by atoms with van der Waals surface area (Å²) in [7, 11) is 5.63. The van der Waals surface area contributed by atoms with E-state index >= 15 is 0 Å². The molecule has 0 atom stereocenters. The van der Waals surface area contributed by atoms with Crippen molar-refractivity contribution in [1.82, 2.24) is 0 Å². The number of non-ortho nitro benzene ring substituents is 1. The highest BCUT2D eigenvalue weighted by molar-refractivity contribution is 6.14. The third kappa shape index (κ3) is 5.28. The first-order chi connectivity index (χ1) is 18.6. The van der Waals surface area contributed by atoms with Gasteiger partial charge in [-0.05, 0) is 29.8 Å². The molecule has 0 fully saturated rings. The second kappa shape index (κ2) is 11.9. The van der Waals surface area contributed by atoms with Crippen molar-refractivity contribution in [2.75, 3.05) is 40.4 Å². The van der Waals surface area contributed by atoms with Crippen LogP contribution >= 0.6 is 0 Å². The van der Waals surface area contributed by atoms with E-state index in [2.05, 4.69) is 0 Å². The van der Waals surface area contributed by atoms with E-state index in [1.54, 1.807) is 0 Å². The van der Waals surface area contributed by atoms with E-state index in [9.17, 15) is 29.3 Å². The van der Waals surface area contributed by atoms with E-state index in [0.717, 1.165) is 39.4 Å². The van der Waals surface area contributed by atoms with Crippen molar-refractivity contribution in [3.05, 3.63) is 86.7 Å². The molecular formula is C26H24N2O11. The minimum Gasteiger partial charge on any atom is -0.497 e. The zero-order valence-electron chi connectivity index (χ0n) is 21.6. The molecule has 1 heterocycles. The first kappa shape index (κ1) is 28.4. The van der Waals surface area contributed by atoms with Crippen LogP contribution in [0.25, 0.3) is 0 Å². The molecule has 13 nitrogen and oxygen atoms in total. The van der Waals surface area contributed by atoms with E-state index in [4.69, 9.17) is 23.7 Å². The van der Waals surface area contributed by atoms with Crippen LogP contribution in [0.4, 0.5) is 11.4 Å². The number of nitrogens with zero attached hydrogens (tertiary/aromatic N) is 2. The number of esters is 4. The van der Waals surface area contributed by atoms with Gasteiger partial charge >= 0.3 is 23.9 Å². The largest absolute Gasteiger partial charge is 0.497 e. The summed E-state index contributed by atoms with van der Waals surface area (Å²) in [5.74, 6) is -5.41. The van der Waals surface area contributed by atoms with Crippen LogP contribution in [0.1, 0.15) is 11.5 Å². The van der Waals surface area contributed by atoms with Crippen molar-refractivity contribution < 1.29 is 47.8 Å². The predicted molar refractivity (Wildman–Crippen MR) is 133 cm³/mol. The lowest BCUT2D eigenvalue weighted by atomic mass is 9.78. The Hall–Kier alpha value is -5.20. The van der Waals surface area contributed by atoms with Gasteiger partial charge in [-0.25, -0.2) is 19.2 Å². The van der Waals surface area contributed by atoms with Gasteiger partial charge in [0.2, 0.25) is 0 Å². The highest BCUT2D eigenvalue weighted by atomic mass is 16.6. The fourth-order valence-corrected chi connectivity index (χ4v) is 4.16. The Bertz CT molecular complexity index is 1340. The molecule has 2 aromatic rings. The van der Waals surface area contributed by atoms with Crippen molar-refractivity contribution >= 4 is 35.3 Å². The lowest BCUT2D eigenvalue weighted by Crippen LogP contribution is -2.42. The van der Waals surface area contributed by atoms with E-state index < -0.39 is 57.3 Å². The molecule has 0 N–H and O–H groups in total. The highest BCUT2D eigenvalue weighted by Gasteiger charge is 2.48. The fraction of sp³-hybridized carbons (Fsp3) is 0.231. The Balaban J connectivity index is 2.58. The van der Waals surface area contributed by atoms with Crippen LogP contribution in [0.15, 0.2) is 71.1 Å². The molecule has 0 amide bonds. The number of hydrogen-bond donors (Lipinski definition) is 0. The first-order valence-corrected chi connectivity index (χ1v) is 11.1. The van der Waals surface area contributed by atoms with Crippen molar-refractivity contribution in [2.45, 2.75) is 5.92 Å². The molecule has 0 radical (unpaired) electrons. The second-order valence-electron chi connectivity index (χ2n) is 7.81. The maximum Gasteiger partial charge on any atom is 0.355 e. The molecule has 0 aromatic heterocycles. The second-order valence-corrected chi connectivity index (χ2v) is 7.81. The predicted octanol–water partition coefficient (Wildman–Crippen LogP) is 2.41. The van der Waals surface area contributed by atoms with Gasteiger partial charge in [0.05, 0.1) is 57.5 Å². The zero-order valence-corrected chi connectivity index (χ0v) is 21.6. The van der Waals surface area contributed by atoms with Crippen LogP contribution in [-0.2, 0) is 38.1 Å². The molecule has 0 unspecified atom stereocenters. The smallest absolute Gasteiger partial charge is 0.355 e. The lowest BCUT2D eigenvalue weighted by Gasteiger charge is -2.37. The standard InChI is InChI=1S/C26H24N2O11/c1-35-17-11-9-15(10-12-17)27-21(25(31)38-4)19(23(29)36-2)18(14-7-6-8-16(13-14)28(33)34)20(24(30)37-3)22(27)26(32)39-5/h6-13,18H,1-5H3. The number of anilines is 1. The molecule has 13 heteroatoms. The normalized spacial score (nSPS) is 13.5. The molecular weight excluding hydrogens is 516 g/mol. The van der Waals surface area contributed by atoms with Crippen molar-refractivity contribution in [3.8, 4) is 5.75 Å². The number of carbonyl (C=O) groups excluding carboxylic acids is 4. The van der Waals surface area contributed by atoms with Gasteiger partial charge in [0, 0.05) is 17.8 Å². The SMILES string of the molecule is COC(=O)C1=C(C(=O)OC)N(c2ccc(OC)cc2)C(C(=O)OC)=C(C(=O)OC)C1c1cccc([N+](=O)[O-])c1. The Labute approximate surface area is 222 Å². The summed E-state index contributed by atoms with van der Waals surface area (Å²) in [6.07, 6.45) is 0. The fourth-order valence-electron chi connectivity index (χ4n) is 4.16. The highest BCUT2D eigenvalue weighted by Crippen LogP contribution is 2.46. The summed E-state index contributed by atoms with van der Waals surface area (Å²) in [4.78, 5) is 65.1. The van der Waals surface area contributed by atoms with E-state index in [-0.39, 0.29) is 16.9 Å². The molecule has 0 saturated heterocycles. The Morgan fingerprint density at radius 1 is 0.744 bits per heavy atom. The van der Waals surface area contributed by atoms with Crippen LogP contribution in [0.2, 0.25) is 0 Å². The molecule has 0 saturated carbocycles. The Morgan fingerprint density at radius 3 is 1.64 bits per heavy atom. The summed E-state index contributed by atoms with van der Waals surface area (Å²) in [5, 5.41) is 11.5. The summed E-state index contributed by atoms with van der Waals surface area (Å²) in [5.41, 5.74) is -2.07. The summed E-state index contributed by atoms with van der Waals surface area (Å²) in [6.45, 7) is 0. The molecule has 1 aliphatic heterocycles. The summed E-state index contributed by atoms with van der Waals surface area (Å²) < 4.78 is 25.1. The molecule has 39 heavy (non-hydrogen) atoms. The van der Waals surface area contributed by atoms with E-state index in [1.165, 1.54) is 49.6 Å². The van der Waals surface area contributed by atoms with Crippen molar-refractivity contribution in [3.63, 3.8) is 0 Å². The molecule has 0 bridgehead atoms. The molecule has 1 aliphatic rings. The van der Waals surface area contributed by atoms with E-state index in [0.29, 0.717) is 5.75 Å². The lowest BCUT2D eigenvalue weighted by molar-refractivity contribution is -0.384. The van der Waals surface area contributed by atoms with Gasteiger partial charge < -0.3 is 23.7 Å². The average Bonchev–Trinajstić information content (AvgIpc) is 2.97. The molecule has 204 valence electrons. The van der Waals surface area contributed by atoms with Gasteiger partial charge in [-0.2, -0.15) is 0 Å². The number of benzene rings is 2. The summed E-state index contributed by atoms with van der Waals surface area (Å²) in [6, 6.07) is 11.0. The van der Waals surface area contributed by atoms with Gasteiger partial charge in [0.25, 0.3) is 5.69 Å². The third-order valence-corrected chi connectivity index (χ3v) is 5.85. The monoisotopic (exact) mass is 540 g/mol. The number of ether oxygens (including phenoxy) is 5. The quantitative estimate of drug-likeness (QED) is 0.208. The summed E-state index contributed by atoms with van der Waals surface area (Å²) >= 11 is 0. The molecule has 2 aromatic carbocycles. The Morgan fingerprint density at radius 2 is 1.23 bits per heavy atom. The van der Waals surface area contributed by atoms with Gasteiger partial charge in [0.1, 0.15) is 17.1 Å². The maximum absolute atomic E-state index is 13.3. The Kier molecular flexibility index (Phi) is 8.66. The first-order valence-electron chi connectivity index (χ1n) is 11.1. The van der Waals surface area contributed by atoms with Crippen LogP contribution in [0.5, 0.6) is 5.75 Å².